The molecule has 0 bridgehead atoms. The molecule has 4 aromatic carbocycles. The number of rotatable bonds is 12. The topological polar surface area (TPSA) is 86.8 Å². The van der Waals surface area contributed by atoms with Crippen molar-refractivity contribution in [3.63, 3.8) is 0 Å². The Morgan fingerprint density at radius 1 is 0.844 bits per heavy atom. The summed E-state index contributed by atoms with van der Waals surface area (Å²) in [6.45, 7) is -0.577. The van der Waals surface area contributed by atoms with Gasteiger partial charge in [0.25, 0.3) is 10.0 Å². The third kappa shape index (κ3) is 8.09. The highest BCUT2D eigenvalue weighted by Crippen LogP contribution is 2.29. The maximum atomic E-state index is 14.5. The van der Waals surface area contributed by atoms with Crippen LogP contribution < -0.4 is 9.62 Å². The van der Waals surface area contributed by atoms with Gasteiger partial charge in [-0.1, -0.05) is 103 Å². The molecule has 7 nitrogen and oxygen atoms in total. The highest BCUT2D eigenvalue weighted by atomic mass is 35.5. The first-order chi connectivity index (χ1) is 21.7. The molecule has 1 atom stereocenters. The average molecular weight is 648 g/mol. The summed E-state index contributed by atoms with van der Waals surface area (Å²) in [5.41, 5.74) is 1.65. The van der Waals surface area contributed by atoms with Crippen LogP contribution in [0.1, 0.15) is 36.8 Å². The SMILES string of the molecule is O=C(NC1CCCC1)C(Cc1ccccc1)N(Cc1ccccc1)C(=O)CN(c1ccc(F)c(Cl)c1)S(=O)(=O)c1ccccc1. The number of hydrogen-bond acceptors (Lipinski definition) is 4. The normalized spacial score (nSPS) is 14.1. The molecule has 0 saturated heterocycles. The van der Waals surface area contributed by atoms with Gasteiger partial charge in [0, 0.05) is 19.0 Å². The van der Waals surface area contributed by atoms with E-state index in [1.807, 2.05) is 60.7 Å². The average Bonchev–Trinajstić information content (AvgIpc) is 3.57. The molecule has 1 N–H and O–H groups in total. The number of amides is 2. The monoisotopic (exact) mass is 647 g/mol. The van der Waals surface area contributed by atoms with Crippen molar-refractivity contribution in [3.05, 3.63) is 131 Å². The third-order valence-corrected chi connectivity index (χ3v) is 10.0. The van der Waals surface area contributed by atoms with Crippen molar-refractivity contribution in [3.8, 4) is 0 Å². The van der Waals surface area contributed by atoms with Crippen LogP contribution >= 0.6 is 11.6 Å². The molecular formula is C35H35ClFN3O4S. The van der Waals surface area contributed by atoms with Crippen LogP contribution in [-0.2, 0) is 32.6 Å². The lowest BCUT2D eigenvalue weighted by Gasteiger charge is -2.34. The van der Waals surface area contributed by atoms with E-state index < -0.39 is 34.3 Å². The van der Waals surface area contributed by atoms with Gasteiger partial charge < -0.3 is 10.2 Å². The molecule has 5 rings (SSSR count). The van der Waals surface area contributed by atoms with Gasteiger partial charge in [0.15, 0.2) is 0 Å². The van der Waals surface area contributed by atoms with E-state index in [-0.39, 0.29) is 40.5 Å². The van der Waals surface area contributed by atoms with E-state index >= 15 is 0 Å². The van der Waals surface area contributed by atoms with Crippen molar-refractivity contribution < 1.29 is 22.4 Å². The summed E-state index contributed by atoms with van der Waals surface area (Å²) in [5, 5.41) is 2.87. The van der Waals surface area contributed by atoms with Crippen LogP contribution in [0.15, 0.2) is 114 Å². The number of nitrogens with zero attached hydrogens (tertiary/aromatic N) is 2. The number of nitrogens with one attached hydrogen (secondary N) is 1. The number of carbonyl (C=O) groups is 2. The van der Waals surface area contributed by atoms with E-state index in [0.29, 0.717) is 0 Å². The summed E-state index contributed by atoms with van der Waals surface area (Å²) >= 11 is 6.08. The quantitative estimate of drug-likeness (QED) is 0.194. The molecule has 10 heteroatoms. The zero-order valence-electron chi connectivity index (χ0n) is 24.7. The summed E-state index contributed by atoms with van der Waals surface area (Å²) in [5.74, 6) is -1.61. The van der Waals surface area contributed by atoms with Crippen LogP contribution in [0.25, 0.3) is 0 Å². The van der Waals surface area contributed by atoms with Gasteiger partial charge in [0.2, 0.25) is 11.8 Å². The molecule has 1 aliphatic rings. The van der Waals surface area contributed by atoms with E-state index in [0.717, 1.165) is 47.2 Å². The molecule has 0 radical (unpaired) electrons. The second-order valence-corrected chi connectivity index (χ2v) is 13.4. The highest BCUT2D eigenvalue weighted by molar-refractivity contribution is 7.92. The summed E-state index contributed by atoms with van der Waals surface area (Å²) in [4.78, 5) is 29.9. The second kappa shape index (κ2) is 14.7. The largest absolute Gasteiger partial charge is 0.352 e. The Kier molecular flexibility index (Phi) is 10.5. The predicted octanol–water partition coefficient (Wildman–Crippen LogP) is 6.37. The minimum Gasteiger partial charge on any atom is -0.352 e. The van der Waals surface area contributed by atoms with E-state index in [1.165, 1.54) is 29.2 Å². The molecule has 45 heavy (non-hydrogen) atoms. The maximum absolute atomic E-state index is 14.5. The molecule has 4 aromatic rings. The number of sulfonamides is 1. The first-order valence-corrected chi connectivity index (χ1v) is 16.7. The van der Waals surface area contributed by atoms with E-state index in [1.54, 1.807) is 18.2 Å². The van der Waals surface area contributed by atoms with Crippen molar-refractivity contribution in [1.29, 1.82) is 0 Å². The Morgan fingerprint density at radius 3 is 2.02 bits per heavy atom. The van der Waals surface area contributed by atoms with Crippen LogP contribution in [0.3, 0.4) is 0 Å². The van der Waals surface area contributed by atoms with Crippen molar-refractivity contribution in [2.75, 3.05) is 10.8 Å². The summed E-state index contributed by atoms with van der Waals surface area (Å²) in [6.07, 6.45) is 4.00. The molecular weight excluding hydrogens is 613 g/mol. The van der Waals surface area contributed by atoms with Gasteiger partial charge >= 0.3 is 0 Å². The number of benzene rings is 4. The number of hydrogen-bond donors (Lipinski definition) is 1. The summed E-state index contributed by atoms with van der Waals surface area (Å²) in [7, 11) is -4.30. The molecule has 234 valence electrons. The van der Waals surface area contributed by atoms with Gasteiger partial charge in [0.05, 0.1) is 15.6 Å². The molecule has 0 heterocycles. The lowest BCUT2D eigenvalue weighted by atomic mass is 10.0. The second-order valence-electron chi connectivity index (χ2n) is 11.1. The van der Waals surface area contributed by atoms with Crippen LogP contribution in [0.5, 0.6) is 0 Å². The van der Waals surface area contributed by atoms with Gasteiger partial charge in [-0.2, -0.15) is 0 Å². The smallest absolute Gasteiger partial charge is 0.264 e. The predicted molar refractivity (Wildman–Crippen MR) is 174 cm³/mol. The Morgan fingerprint density at radius 2 is 1.42 bits per heavy atom. The fourth-order valence-electron chi connectivity index (χ4n) is 5.59. The van der Waals surface area contributed by atoms with Gasteiger partial charge in [-0.05, 0) is 54.3 Å². The minimum atomic E-state index is -4.30. The van der Waals surface area contributed by atoms with Crippen LogP contribution in [0.2, 0.25) is 5.02 Å². The minimum absolute atomic E-state index is 0.0146. The number of anilines is 1. The summed E-state index contributed by atoms with van der Waals surface area (Å²) in [6, 6.07) is 28.9. The van der Waals surface area contributed by atoms with Crippen molar-refractivity contribution in [2.45, 2.75) is 55.6 Å². The van der Waals surface area contributed by atoms with Gasteiger partial charge in [-0.3, -0.25) is 13.9 Å². The standard InChI is InChI=1S/C35H35ClFN3O4S/c36-31-23-29(20-21-32(31)37)40(45(43,44)30-18-8-3-9-19-30)25-34(41)39(24-27-14-6-2-7-15-27)33(22-26-12-4-1-5-13-26)35(42)38-28-16-10-11-17-28/h1-9,12-15,18-21,23,28,33H,10-11,16-17,22,24-25H2,(H,38,42). The van der Waals surface area contributed by atoms with E-state index in [2.05, 4.69) is 5.32 Å². The first-order valence-electron chi connectivity index (χ1n) is 14.9. The fraction of sp³-hybridized carbons (Fsp3) is 0.257. The molecule has 0 aliphatic heterocycles. The van der Waals surface area contributed by atoms with Crippen LogP contribution in [-0.4, -0.2) is 43.8 Å². The van der Waals surface area contributed by atoms with Crippen molar-refractivity contribution in [1.82, 2.24) is 10.2 Å². The van der Waals surface area contributed by atoms with E-state index in [9.17, 15) is 22.4 Å². The van der Waals surface area contributed by atoms with Crippen molar-refractivity contribution >= 4 is 39.1 Å². The molecule has 0 spiro atoms. The lowest BCUT2D eigenvalue weighted by Crippen LogP contribution is -2.54. The van der Waals surface area contributed by atoms with E-state index in [4.69, 9.17) is 11.6 Å². The van der Waals surface area contributed by atoms with Gasteiger partial charge in [-0.25, -0.2) is 12.8 Å². The zero-order valence-corrected chi connectivity index (χ0v) is 26.3. The maximum Gasteiger partial charge on any atom is 0.264 e. The molecule has 0 aromatic heterocycles. The lowest BCUT2D eigenvalue weighted by molar-refractivity contribution is -0.140. The summed E-state index contributed by atoms with van der Waals surface area (Å²) < 4.78 is 43.1. The zero-order chi connectivity index (χ0) is 31.8. The number of halogens is 2. The van der Waals surface area contributed by atoms with Crippen LogP contribution in [0, 0.1) is 5.82 Å². The molecule has 1 unspecified atom stereocenters. The molecule has 1 saturated carbocycles. The fourth-order valence-corrected chi connectivity index (χ4v) is 7.19. The molecule has 1 aliphatic carbocycles. The Balaban J connectivity index is 1.56. The third-order valence-electron chi connectivity index (χ3n) is 7.97. The highest BCUT2D eigenvalue weighted by Gasteiger charge is 2.35. The van der Waals surface area contributed by atoms with Gasteiger partial charge in [-0.15, -0.1) is 0 Å². The Bertz CT molecular complexity index is 1700. The van der Waals surface area contributed by atoms with Gasteiger partial charge in [0.1, 0.15) is 18.4 Å². The number of carbonyl (C=O) groups excluding carboxylic acids is 2. The Hall–Kier alpha value is -4.21. The molecule has 2 amide bonds. The van der Waals surface area contributed by atoms with Crippen LogP contribution in [0.4, 0.5) is 10.1 Å². The first kappa shape index (κ1) is 32.2. The van der Waals surface area contributed by atoms with Crippen molar-refractivity contribution in [2.24, 2.45) is 0 Å². The Labute approximate surface area is 268 Å². The molecule has 1 fully saturated rings.